The van der Waals surface area contributed by atoms with Crippen molar-refractivity contribution < 1.29 is 28.1 Å². The van der Waals surface area contributed by atoms with Gasteiger partial charge in [0.1, 0.15) is 0 Å². The third-order valence-corrected chi connectivity index (χ3v) is 5.43. The zero-order chi connectivity index (χ0) is 20.4. The number of carbonyl (C=O) groups excluding carboxylic acids is 3. The molecule has 3 amide bonds. The van der Waals surface area contributed by atoms with Crippen molar-refractivity contribution in [3.8, 4) is 0 Å². The van der Waals surface area contributed by atoms with Gasteiger partial charge in [-0.2, -0.15) is 0 Å². The zero-order valence-electron chi connectivity index (χ0n) is 15.3. The molecule has 0 spiro atoms. The number of nitrogens with one attached hydrogen (secondary N) is 2. The van der Waals surface area contributed by atoms with Crippen LogP contribution in [0.4, 0.5) is 32.3 Å². The maximum absolute atomic E-state index is 13.2. The first-order valence-corrected chi connectivity index (χ1v) is 9.21. The number of nitrogens with zero attached hydrogens (tertiary/aromatic N) is 1. The molecule has 0 radical (unpaired) electrons. The largest absolute Gasteiger partial charge is 0.453 e. The average molecular weight is 403 g/mol. The van der Waals surface area contributed by atoms with E-state index < -0.39 is 23.0 Å². The predicted molar refractivity (Wildman–Crippen MR) is 102 cm³/mol. The van der Waals surface area contributed by atoms with E-state index in [1.807, 2.05) is 0 Å². The van der Waals surface area contributed by atoms with Gasteiger partial charge in [0.15, 0.2) is 0 Å². The van der Waals surface area contributed by atoms with Crippen molar-refractivity contribution in [3.05, 3.63) is 36.4 Å². The monoisotopic (exact) mass is 403 g/mol. The maximum atomic E-state index is 13.2. The number of hydrogen-bond acceptors (Lipinski definition) is 6. The lowest BCUT2D eigenvalue weighted by atomic mass is 10.2. The van der Waals surface area contributed by atoms with Crippen molar-refractivity contribution in [2.24, 2.45) is 0 Å². The third kappa shape index (κ3) is 3.54. The Morgan fingerprint density at radius 1 is 0.857 bits per heavy atom. The van der Waals surface area contributed by atoms with Crippen LogP contribution in [0.5, 0.6) is 0 Å². The fraction of sp³-hybridized carbons (Fsp3) is 0.167. The quantitative estimate of drug-likeness (QED) is 0.796. The highest BCUT2D eigenvalue weighted by Crippen LogP contribution is 2.44. The Bertz CT molecular complexity index is 935. The molecule has 0 saturated heterocycles. The number of anilines is 4. The van der Waals surface area contributed by atoms with Gasteiger partial charge in [-0.25, -0.2) is 13.8 Å². The highest BCUT2D eigenvalue weighted by molar-refractivity contribution is 7.85. The van der Waals surface area contributed by atoms with Gasteiger partial charge in [-0.05, 0) is 36.4 Å². The summed E-state index contributed by atoms with van der Waals surface area (Å²) in [7, 11) is 0.804. The van der Waals surface area contributed by atoms with Crippen molar-refractivity contribution in [1.29, 1.82) is 0 Å². The van der Waals surface area contributed by atoms with Crippen LogP contribution in [0.15, 0.2) is 46.2 Å². The second-order valence-corrected chi connectivity index (χ2v) is 7.14. The van der Waals surface area contributed by atoms with E-state index in [2.05, 4.69) is 20.1 Å². The van der Waals surface area contributed by atoms with Crippen molar-refractivity contribution in [2.45, 2.75) is 16.7 Å². The van der Waals surface area contributed by atoms with Crippen LogP contribution in [0.25, 0.3) is 0 Å². The van der Waals surface area contributed by atoms with Crippen molar-refractivity contribution in [1.82, 2.24) is 0 Å². The smallest absolute Gasteiger partial charge is 0.411 e. The third-order valence-electron chi connectivity index (χ3n) is 3.98. The maximum Gasteiger partial charge on any atom is 0.411 e. The van der Waals surface area contributed by atoms with E-state index in [1.54, 1.807) is 24.3 Å². The molecule has 0 atom stereocenters. The number of carbonyl (C=O) groups is 3. The average Bonchev–Trinajstić information content (AvgIpc) is 2.68. The summed E-state index contributed by atoms with van der Waals surface area (Å²) in [6.07, 6.45) is -1.34. The molecule has 146 valence electrons. The first-order valence-electron chi connectivity index (χ1n) is 8.06. The van der Waals surface area contributed by atoms with Gasteiger partial charge >= 0.3 is 12.2 Å². The summed E-state index contributed by atoms with van der Waals surface area (Å²) in [5, 5.41) is 5.01. The van der Waals surface area contributed by atoms with E-state index in [0.29, 0.717) is 32.5 Å². The van der Waals surface area contributed by atoms with E-state index in [4.69, 9.17) is 0 Å². The Balaban J connectivity index is 2.09. The summed E-state index contributed by atoms with van der Waals surface area (Å²) in [4.78, 5) is 37.3. The zero-order valence-corrected chi connectivity index (χ0v) is 16.1. The van der Waals surface area contributed by atoms with Crippen LogP contribution in [0.2, 0.25) is 0 Å². The Hall–Kier alpha value is -3.40. The minimum absolute atomic E-state index is 0.276. The molecule has 1 aliphatic rings. The van der Waals surface area contributed by atoms with Crippen LogP contribution in [0.1, 0.15) is 6.92 Å². The van der Waals surface area contributed by atoms with E-state index in [9.17, 15) is 18.6 Å². The number of hydrogen-bond donors (Lipinski definition) is 2. The summed E-state index contributed by atoms with van der Waals surface area (Å²) in [6, 6.07) is 9.40. The number of methoxy groups -OCH3 is 2. The lowest BCUT2D eigenvalue weighted by molar-refractivity contribution is -0.115. The Labute approximate surface area is 163 Å². The molecule has 0 fully saturated rings. The van der Waals surface area contributed by atoms with Gasteiger partial charge < -0.3 is 9.47 Å². The number of amides is 3. The molecular weight excluding hydrogens is 386 g/mol. The van der Waals surface area contributed by atoms with E-state index in [-0.39, 0.29) is 5.91 Å². The number of ether oxygens (including phenoxy) is 2. The minimum Gasteiger partial charge on any atom is -0.453 e. The molecule has 28 heavy (non-hydrogen) atoms. The Morgan fingerprint density at radius 3 is 1.64 bits per heavy atom. The molecule has 2 N–H and O–H groups in total. The highest BCUT2D eigenvalue weighted by Gasteiger charge is 2.31. The first-order chi connectivity index (χ1) is 13.3. The molecule has 0 aliphatic carbocycles. The fourth-order valence-corrected chi connectivity index (χ4v) is 4.18. The molecule has 0 aromatic heterocycles. The highest BCUT2D eigenvalue weighted by atomic mass is 32.2. The number of fused-ring (bicyclic) bond motifs is 2. The summed E-state index contributed by atoms with van der Waals surface area (Å²) in [5.74, 6) is -0.276. The van der Waals surface area contributed by atoms with Gasteiger partial charge in [0.05, 0.1) is 46.2 Å². The first kappa shape index (κ1) is 19.4. The molecule has 1 heterocycles. The lowest BCUT2D eigenvalue weighted by Crippen LogP contribution is -2.28. The second kappa shape index (κ2) is 7.69. The SMILES string of the molecule is COC(=O)Nc1ccc2c(c1)S(=O)c1cc(NC(=O)OC)ccc1N2C(C)=O. The molecule has 0 saturated carbocycles. The van der Waals surface area contributed by atoms with Crippen LogP contribution in [-0.4, -0.2) is 36.5 Å². The molecule has 10 heteroatoms. The van der Waals surface area contributed by atoms with Gasteiger partial charge in [0.25, 0.3) is 0 Å². The Kier molecular flexibility index (Phi) is 5.32. The molecule has 2 aromatic rings. The summed E-state index contributed by atoms with van der Waals surface area (Å²) >= 11 is 0. The molecule has 9 nitrogen and oxygen atoms in total. The van der Waals surface area contributed by atoms with Crippen LogP contribution < -0.4 is 15.5 Å². The van der Waals surface area contributed by atoms with Gasteiger partial charge in [-0.15, -0.1) is 0 Å². The van der Waals surface area contributed by atoms with Crippen LogP contribution in [0.3, 0.4) is 0 Å². The Morgan fingerprint density at radius 2 is 1.29 bits per heavy atom. The summed E-state index contributed by atoms with van der Waals surface area (Å²) in [6.45, 7) is 1.39. The number of rotatable bonds is 2. The van der Waals surface area contributed by atoms with Crippen molar-refractivity contribution >= 4 is 51.6 Å². The molecule has 1 aliphatic heterocycles. The van der Waals surface area contributed by atoms with Gasteiger partial charge in [-0.3, -0.25) is 20.3 Å². The normalized spacial score (nSPS) is 12.5. The van der Waals surface area contributed by atoms with E-state index in [1.165, 1.54) is 38.2 Å². The summed E-state index contributed by atoms with van der Waals surface area (Å²) < 4.78 is 22.3. The van der Waals surface area contributed by atoms with Gasteiger partial charge in [0, 0.05) is 18.3 Å². The van der Waals surface area contributed by atoms with Crippen LogP contribution in [0, 0.1) is 0 Å². The van der Waals surface area contributed by atoms with E-state index >= 15 is 0 Å². The van der Waals surface area contributed by atoms with Crippen molar-refractivity contribution in [3.63, 3.8) is 0 Å². The van der Waals surface area contributed by atoms with Crippen LogP contribution in [-0.2, 0) is 25.1 Å². The lowest BCUT2D eigenvalue weighted by Gasteiger charge is -2.30. The molecule has 2 aromatic carbocycles. The molecule has 0 bridgehead atoms. The molecular formula is C18H17N3O6S. The van der Waals surface area contributed by atoms with Gasteiger partial charge in [0.2, 0.25) is 5.91 Å². The minimum atomic E-state index is -1.66. The van der Waals surface area contributed by atoms with Crippen molar-refractivity contribution in [2.75, 3.05) is 29.8 Å². The van der Waals surface area contributed by atoms with E-state index in [0.717, 1.165) is 0 Å². The molecule has 3 rings (SSSR count). The second-order valence-electron chi connectivity index (χ2n) is 5.72. The predicted octanol–water partition coefficient (Wildman–Crippen LogP) is 3.21. The molecule has 0 unspecified atom stereocenters. The fourth-order valence-electron chi connectivity index (χ4n) is 2.78. The number of benzene rings is 2. The standard InChI is InChI=1S/C18H17N3O6S/c1-10(22)21-13-6-4-11(19-17(23)26-2)8-15(13)28(25)16-9-12(5-7-14(16)21)20-18(24)27-3/h4-9H,1-3H3,(H,19,23)(H,20,24). The van der Waals surface area contributed by atoms with Crippen LogP contribution >= 0.6 is 0 Å². The topological polar surface area (TPSA) is 114 Å². The summed E-state index contributed by atoms with van der Waals surface area (Å²) in [5.41, 5.74) is 1.63. The van der Waals surface area contributed by atoms with Gasteiger partial charge in [-0.1, -0.05) is 0 Å².